The van der Waals surface area contributed by atoms with Gasteiger partial charge in [0, 0.05) is 37.8 Å². The number of ether oxygens (including phenoxy) is 2. The normalized spacial score (nSPS) is 11.7. The Hall–Kier alpha value is -3.21. The quantitative estimate of drug-likeness (QED) is 0.514. The largest absolute Gasteiger partial charge is 0.450 e. The van der Waals surface area contributed by atoms with Crippen molar-refractivity contribution >= 4 is 38.6 Å². The molecule has 1 aromatic heterocycles. The fraction of sp³-hybridized carbons (Fsp3) is 0.273. The molecule has 0 aliphatic carbocycles. The molecule has 1 amide bonds. The summed E-state index contributed by atoms with van der Waals surface area (Å²) >= 11 is 0. The lowest BCUT2D eigenvalue weighted by atomic mass is 10.1. The maximum atomic E-state index is 12.5. The van der Waals surface area contributed by atoms with E-state index in [-0.39, 0.29) is 22.9 Å². The molecule has 2 aromatic carbocycles. The number of hydrogen-bond acceptors (Lipinski definition) is 7. The van der Waals surface area contributed by atoms with Crippen molar-refractivity contribution in [3.05, 3.63) is 59.4 Å². The van der Waals surface area contributed by atoms with Gasteiger partial charge in [-0.1, -0.05) is 24.3 Å². The number of rotatable bonds is 8. The first-order valence-corrected chi connectivity index (χ1v) is 11.1. The van der Waals surface area contributed by atoms with Crippen LogP contribution in [0.2, 0.25) is 0 Å². The Balaban J connectivity index is 1.71. The van der Waals surface area contributed by atoms with Crippen LogP contribution in [-0.2, 0) is 30.9 Å². The van der Waals surface area contributed by atoms with E-state index >= 15 is 0 Å². The molecule has 0 bridgehead atoms. The molecule has 32 heavy (non-hydrogen) atoms. The summed E-state index contributed by atoms with van der Waals surface area (Å²) in [7, 11) is 0.670. The van der Waals surface area contributed by atoms with Gasteiger partial charge >= 0.3 is 5.97 Å². The third-order valence-corrected chi connectivity index (χ3v) is 6.69. The molecule has 0 fully saturated rings. The first kappa shape index (κ1) is 23.5. The monoisotopic (exact) mass is 460 g/mol. The Morgan fingerprint density at radius 3 is 2.53 bits per heavy atom. The van der Waals surface area contributed by atoms with Crippen LogP contribution in [0.3, 0.4) is 0 Å². The van der Waals surface area contributed by atoms with E-state index in [0.29, 0.717) is 16.7 Å². The van der Waals surface area contributed by atoms with Gasteiger partial charge in [-0.3, -0.25) is 4.79 Å². The Labute approximate surface area is 186 Å². The molecule has 10 heteroatoms. The molecule has 3 aromatic rings. The summed E-state index contributed by atoms with van der Waals surface area (Å²) in [6.07, 6.45) is 0. The zero-order valence-electron chi connectivity index (χ0n) is 18.2. The van der Waals surface area contributed by atoms with E-state index < -0.39 is 28.5 Å². The summed E-state index contributed by atoms with van der Waals surface area (Å²) < 4.78 is 41.8. The minimum Gasteiger partial charge on any atom is -0.450 e. The van der Waals surface area contributed by atoms with Crippen molar-refractivity contribution in [2.24, 2.45) is 0 Å². The van der Waals surface area contributed by atoms with Gasteiger partial charge in [0.25, 0.3) is 5.91 Å². The number of methoxy groups -OCH3 is 1. The number of benzene rings is 2. The number of furan rings is 1. The highest BCUT2D eigenvalue weighted by molar-refractivity contribution is 7.89. The molecule has 170 valence electrons. The average molecular weight is 461 g/mol. The molecule has 0 radical (unpaired) electrons. The second kappa shape index (κ2) is 9.51. The lowest BCUT2D eigenvalue weighted by Crippen LogP contribution is -2.24. The van der Waals surface area contributed by atoms with Gasteiger partial charge in [0.1, 0.15) is 5.58 Å². The van der Waals surface area contributed by atoms with E-state index in [1.807, 2.05) is 6.07 Å². The predicted octanol–water partition coefficient (Wildman–Crippen LogP) is 2.93. The van der Waals surface area contributed by atoms with E-state index in [4.69, 9.17) is 13.9 Å². The molecule has 9 nitrogen and oxygen atoms in total. The predicted molar refractivity (Wildman–Crippen MR) is 118 cm³/mol. The van der Waals surface area contributed by atoms with Crippen LogP contribution in [0.5, 0.6) is 0 Å². The van der Waals surface area contributed by atoms with Crippen LogP contribution in [0.4, 0.5) is 5.69 Å². The lowest BCUT2D eigenvalue weighted by Gasteiger charge is -2.15. The number of carbonyl (C=O) groups excluding carboxylic acids is 2. The molecule has 3 rings (SSSR count). The first-order chi connectivity index (χ1) is 15.1. The fourth-order valence-corrected chi connectivity index (χ4v) is 4.24. The number of esters is 1. The van der Waals surface area contributed by atoms with Crippen LogP contribution in [0, 0.1) is 6.92 Å². The van der Waals surface area contributed by atoms with E-state index in [1.165, 1.54) is 27.3 Å². The van der Waals surface area contributed by atoms with Gasteiger partial charge in [-0.2, -0.15) is 0 Å². The molecule has 0 saturated heterocycles. The van der Waals surface area contributed by atoms with Crippen molar-refractivity contribution in [3.8, 4) is 0 Å². The molecule has 0 atom stereocenters. The molecular weight excluding hydrogens is 436 g/mol. The number of amides is 1. The van der Waals surface area contributed by atoms with Crippen LogP contribution in [-0.4, -0.2) is 52.4 Å². The van der Waals surface area contributed by atoms with Gasteiger partial charge < -0.3 is 19.2 Å². The summed E-state index contributed by atoms with van der Waals surface area (Å²) in [5.74, 6) is -1.46. The zero-order chi connectivity index (χ0) is 23.5. The topological polar surface area (TPSA) is 115 Å². The number of anilines is 1. The van der Waals surface area contributed by atoms with E-state index in [1.54, 1.807) is 37.3 Å². The Morgan fingerprint density at radius 2 is 1.84 bits per heavy atom. The molecule has 0 spiro atoms. The van der Waals surface area contributed by atoms with E-state index in [9.17, 15) is 18.0 Å². The van der Waals surface area contributed by atoms with Crippen molar-refractivity contribution in [3.63, 3.8) is 0 Å². The third-order valence-electron chi connectivity index (χ3n) is 4.74. The van der Waals surface area contributed by atoms with Crippen LogP contribution < -0.4 is 5.32 Å². The highest BCUT2D eigenvalue weighted by Crippen LogP contribution is 2.27. The fourth-order valence-electron chi connectivity index (χ4n) is 3.10. The van der Waals surface area contributed by atoms with Crippen molar-refractivity contribution in [1.29, 1.82) is 0 Å². The molecule has 0 aliphatic rings. The van der Waals surface area contributed by atoms with Crippen molar-refractivity contribution in [2.75, 3.05) is 33.1 Å². The lowest BCUT2D eigenvalue weighted by molar-refractivity contribution is -0.119. The number of fused-ring (bicyclic) bond motifs is 1. The maximum Gasteiger partial charge on any atom is 0.375 e. The van der Waals surface area contributed by atoms with Gasteiger partial charge in [-0.25, -0.2) is 17.5 Å². The SMILES string of the molecule is COCc1c(C(=O)OCC(=O)Nc2ccc(C)c(S(=O)(=O)N(C)C)c2)oc2ccccc12. The number of carbonyl (C=O) groups is 2. The van der Waals surface area contributed by atoms with Crippen LogP contribution in [0.15, 0.2) is 51.8 Å². The summed E-state index contributed by atoms with van der Waals surface area (Å²) in [5, 5.41) is 3.26. The summed E-state index contributed by atoms with van der Waals surface area (Å²) in [6.45, 7) is 1.22. The molecule has 0 aliphatic heterocycles. The van der Waals surface area contributed by atoms with Crippen molar-refractivity contribution < 1.29 is 31.9 Å². The average Bonchev–Trinajstić information content (AvgIpc) is 3.12. The second-order valence-corrected chi connectivity index (χ2v) is 9.35. The summed E-state index contributed by atoms with van der Waals surface area (Å²) in [6, 6.07) is 11.6. The Morgan fingerprint density at radius 1 is 1.12 bits per heavy atom. The van der Waals surface area contributed by atoms with Gasteiger partial charge in [0.2, 0.25) is 15.8 Å². The van der Waals surface area contributed by atoms with Gasteiger partial charge in [-0.15, -0.1) is 0 Å². The second-order valence-electron chi connectivity index (χ2n) is 7.23. The summed E-state index contributed by atoms with van der Waals surface area (Å²) in [4.78, 5) is 24.9. The molecule has 0 unspecified atom stereocenters. The number of nitrogens with one attached hydrogen (secondary N) is 1. The standard InChI is InChI=1S/C22H24N2O7S/c1-14-9-10-15(11-19(14)32(27,28)24(2)3)23-20(25)13-30-22(26)21-17(12-29-4)16-7-5-6-8-18(16)31-21/h5-11H,12-13H2,1-4H3,(H,23,25). The summed E-state index contributed by atoms with van der Waals surface area (Å²) in [5.41, 5.74) is 1.84. The van der Waals surface area contributed by atoms with Gasteiger partial charge in [0.05, 0.1) is 11.5 Å². The number of hydrogen-bond donors (Lipinski definition) is 1. The minimum absolute atomic E-state index is 0.0319. The first-order valence-electron chi connectivity index (χ1n) is 9.64. The number of nitrogens with zero attached hydrogens (tertiary/aromatic N) is 1. The molecule has 0 saturated carbocycles. The van der Waals surface area contributed by atoms with Gasteiger partial charge in [-0.05, 0) is 30.7 Å². The van der Waals surface area contributed by atoms with E-state index in [2.05, 4.69) is 5.32 Å². The van der Waals surface area contributed by atoms with Crippen LogP contribution in [0.1, 0.15) is 21.7 Å². The molecule has 1 N–H and O–H groups in total. The highest BCUT2D eigenvalue weighted by Gasteiger charge is 2.23. The number of para-hydroxylation sites is 1. The highest BCUT2D eigenvalue weighted by atomic mass is 32.2. The van der Waals surface area contributed by atoms with Crippen LogP contribution in [0.25, 0.3) is 11.0 Å². The molecular formula is C22H24N2O7S. The third kappa shape index (κ3) is 4.82. The minimum atomic E-state index is -3.68. The number of aryl methyl sites for hydroxylation is 1. The Bertz CT molecular complexity index is 1260. The Kier molecular flexibility index (Phi) is 6.97. The van der Waals surface area contributed by atoms with Crippen molar-refractivity contribution in [2.45, 2.75) is 18.4 Å². The van der Waals surface area contributed by atoms with Crippen molar-refractivity contribution in [1.82, 2.24) is 4.31 Å². The van der Waals surface area contributed by atoms with Crippen LogP contribution >= 0.6 is 0 Å². The van der Waals surface area contributed by atoms with Gasteiger partial charge in [0.15, 0.2) is 6.61 Å². The maximum absolute atomic E-state index is 12.5. The zero-order valence-corrected chi connectivity index (χ0v) is 19.0. The number of sulfonamides is 1. The smallest absolute Gasteiger partial charge is 0.375 e. The molecule has 1 heterocycles. The van der Waals surface area contributed by atoms with E-state index in [0.717, 1.165) is 9.69 Å².